The second-order valence-corrected chi connectivity index (χ2v) is 5.26. The van der Waals surface area contributed by atoms with E-state index in [0.29, 0.717) is 5.76 Å². The first-order valence-corrected chi connectivity index (χ1v) is 6.87. The number of para-hydroxylation sites is 1. The van der Waals surface area contributed by atoms with Crippen LogP contribution in [0.5, 0.6) is 0 Å². The SMILES string of the molecule is Cc1ccsc1C=CC(=O)c1cc2ccccc2o1. The fraction of sp³-hybridized carbons (Fsp3) is 0.0625. The molecule has 0 unspecified atom stereocenters. The molecule has 94 valence electrons. The Labute approximate surface area is 115 Å². The van der Waals surface area contributed by atoms with Crippen molar-refractivity contribution in [3.8, 4) is 0 Å². The Balaban J connectivity index is 1.88. The van der Waals surface area contributed by atoms with E-state index in [1.165, 1.54) is 5.56 Å². The van der Waals surface area contributed by atoms with E-state index in [1.54, 1.807) is 23.5 Å². The Bertz CT molecular complexity index is 729. The summed E-state index contributed by atoms with van der Waals surface area (Å²) in [6.07, 6.45) is 3.41. The van der Waals surface area contributed by atoms with Crippen molar-refractivity contribution in [2.45, 2.75) is 6.92 Å². The number of rotatable bonds is 3. The number of hydrogen-bond acceptors (Lipinski definition) is 3. The first-order valence-electron chi connectivity index (χ1n) is 5.99. The number of carbonyl (C=O) groups excluding carboxylic acids is 1. The van der Waals surface area contributed by atoms with E-state index in [0.717, 1.165) is 15.8 Å². The lowest BCUT2D eigenvalue weighted by Crippen LogP contribution is -1.90. The molecule has 0 aliphatic rings. The van der Waals surface area contributed by atoms with Gasteiger partial charge in [0.05, 0.1) is 0 Å². The number of ketones is 1. The third-order valence-electron chi connectivity index (χ3n) is 2.96. The summed E-state index contributed by atoms with van der Waals surface area (Å²) >= 11 is 1.62. The molecule has 19 heavy (non-hydrogen) atoms. The highest BCUT2D eigenvalue weighted by molar-refractivity contribution is 7.11. The van der Waals surface area contributed by atoms with Crippen LogP contribution in [-0.2, 0) is 0 Å². The first kappa shape index (κ1) is 11.9. The number of carbonyl (C=O) groups is 1. The van der Waals surface area contributed by atoms with Crippen LogP contribution in [0.1, 0.15) is 21.0 Å². The number of furan rings is 1. The van der Waals surface area contributed by atoms with E-state index in [2.05, 4.69) is 0 Å². The molecule has 3 aromatic rings. The molecule has 3 heteroatoms. The van der Waals surface area contributed by atoms with Crippen LogP contribution in [0, 0.1) is 6.92 Å². The minimum Gasteiger partial charge on any atom is -0.453 e. The van der Waals surface area contributed by atoms with Crippen molar-refractivity contribution in [2.75, 3.05) is 0 Å². The third kappa shape index (κ3) is 2.37. The van der Waals surface area contributed by atoms with E-state index < -0.39 is 0 Å². The van der Waals surface area contributed by atoms with E-state index in [1.807, 2.05) is 48.7 Å². The summed E-state index contributed by atoms with van der Waals surface area (Å²) in [5.74, 6) is 0.274. The average Bonchev–Trinajstić information content (AvgIpc) is 3.01. The van der Waals surface area contributed by atoms with Crippen molar-refractivity contribution < 1.29 is 9.21 Å². The van der Waals surface area contributed by atoms with Gasteiger partial charge in [0.15, 0.2) is 5.76 Å². The normalized spacial score (nSPS) is 11.4. The number of hydrogen-bond donors (Lipinski definition) is 0. The Kier molecular flexibility index (Phi) is 3.05. The second kappa shape index (κ2) is 4.86. The summed E-state index contributed by atoms with van der Waals surface area (Å²) in [5, 5.41) is 2.97. The highest BCUT2D eigenvalue weighted by Crippen LogP contribution is 2.21. The average molecular weight is 268 g/mol. The molecule has 0 amide bonds. The van der Waals surface area contributed by atoms with Crippen molar-refractivity contribution in [3.05, 3.63) is 64.1 Å². The molecule has 0 saturated heterocycles. The van der Waals surface area contributed by atoms with Crippen LogP contribution in [0.3, 0.4) is 0 Å². The number of fused-ring (bicyclic) bond motifs is 1. The molecule has 0 aliphatic carbocycles. The molecule has 0 atom stereocenters. The summed E-state index contributed by atoms with van der Waals surface area (Å²) < 4.78 is 5.53. The first-order chi connectivity index (χ1) is 9.24. The minimum atomic E-state index is -0.107. The third-order valence-corrected chi connectivity index (χ3v) is 3.94. The molecule has 2 aromatic heterocycles. The van der Waals surface area contributed by atoms with Gasteiger partial charge in [-0.3, -0.25) is 4.79 Å². The van der Waals surface area contributed by atoms with Crippen LogP contribution in [-0.4, -0.2) is 5.78 Å². The molecular weight excluding hydrogens is 256 g/mol. The quantitative estimate of drug-likeness (QED) is 0.509. The van der Waals surface area contributed by atoms with Crippen LogP contribution in [0.15, 0.2) is 52.3 Å². The Morgan fingerprint density at radius 1 is 1.26 bits per heavy atom. The Hall–Kier alpha value is -2.13. The summed E-state index contributed by atoms with van der Waals surface area (Å²) in [7, 11) is 0. The molecule has 1 aromatic carbocycles. The van der Waals surface area contributed by atoms with Crippen molar-refractivity contribution in [3.63, 3.8) is 0 Å². The van der Waals surface area contributed by atoms with Gasteiger partial charge in [0, 0.05) is 10.3 Å². The van der Waals surface area contributed by atoms with Gasteiger partial charge >= 0.3 is 0 Å². The lowest BCUT2D eigenvalue weighted by atomic mass is 10.2. The second-order valence-electron chi connectivity index (χ2n) is 4.31. The highest BCUT2D eigenvalue weighted by atomic mass is 32.1. The number of benzene rings is 1. The predicted octanol–water partition coefficient (Wildman–Crippen LogP) is 4.70. The standard InChI is InChI=1S/C16H12O2S/c1-11-8-9-19-16(11)7-6-13(17)15-10-12-4-2-3-5-14(12)18-15/h2-10H,1H3. The lowest BCUT2D eigenvalue weighted by Gasteiger charge is -1.90. The molecule has 0 bridgehead atoms. The maximum atomic E-state index is 12.0. The van der Waals surface area contributed by atoms with Crippen LogP contribution in [0.25, 0.3) is 17.0 Å². The molecule has 2 heterocycles. The number of allylic oxidation sites excluding steroid dienone is 1. The van der Waals surface area contributed by atoms with Crippen LogP contribution in [0.4, 0.5) is 0 Å². The maximum Gasteiger partial charge on any atom is 0.221 e. The van der Waals surface area contributed by atoms with Gasteiger partial charge in [-0.25, -0.2) is 0 Å². The zero-order valence-electron chi connectivity index (χ0n) is 10.4. The van der Waals surface area contributed by atoms with Gasteiger partial charge in [-0.05, 0) is 48.2 Å². The largest absolute Gasteiger partial charge is 0.453 e. The van der Waals surface area contributed by atoms with Gasteiger partial charge in [0.25, 0.3) is 0 Å². The van der Waals surface area contributed by atoms with E-state index in [-0.39, 0.29) is 5.78 Å². The topological polar surface area (TPSA) is 30.2 Å². The molecule has 0 aliphatic heterocycles. The van der Waals surface area contributed by atoms with Gasteiger partial charge in [0.2, 0.25) is 5.78 Å². The highest BCUT2D eigenvalue weighted by Gasteiger charge is 2.09. The van der Waals surface area contributed by atoms with E-state index in [9.17, 15) is 4.79 Å². The van der Waals surface area contributed by atoms with Crippen molar-refractivity contribution in [1.82, 2.24) is 0 Å². The monoisotopic (exact) mass is 268 g/mol. The summed E-state index contributed by atoms with van der Waals surface area (Å²) in [6.45, 7) is 2.03. The van der Waals surface area contributed by atoms with Crippen LogP contribution < -0.4 is 0 Å². The molecule has 0 fully saturated rings. The fourth-order valence-corrected chi connectivity index (χ4v) is 2.71. The van der Waals surface area contributed by atoms with Crippen molar-refractivity contribution in [1.29, 1.82) is 0 Å². The Morgan fingerprint density at radius 3 is 2.84 bits per heavy atom. The predicted molar refractivity (Wildman–Crippen MR) is 78.6 cm³/mol. The Morgan fingerprint density at radius 2 is 2.11 bits per heavy atom. The molecule has 0 spiro atoms. The summed E-state index contributed by atoms with van der Waals surface area (Å²) in [4.78, 5) is 13.1. The zero-order valence-corrected chi connectivity index (χ0v) is 11.2. The smallest absolute Gasteiger partial charge is 0.221 e. The fourth-order valence-electron chi connectivity index (χ4n) is 1.89. The zero-order chi connectivity index (χ0) is 13.2. The molecule has 3 rings (SSSR count). The van der Waals surface area contributed by atoms with E-state index >= 15 is 0 Å². The molecule has 0 saturated carbocycles. The van der Waals surface area contributed by atoms with Crippen LogP contribution in [0.2, 0.25) is 0 Å². The summed E-state index contributed by atoms with van der Waals surface area (Å²) in [6, 6.07) is 11.4. The van der Waals surface area contributed by atoms with Crippen molar-refractivity contribution in [2.24, 2.45) is 0 Å². The van der Waals surface area contributed by atoms with Gasteiger partial charge in [-0.15, -0.1) is 11.3 Å². The molecular formula is C16H12O2S. The van der Waals surface area contributed by atoms with E-state index in [4.69, 9.17) is 4.42 Å². The minimum absolute atomic E-state index is 0.107. The summed E-state index contributed by atoms with van der Waals surface area (Å²) in [5.41, 5.74) is 1.92. The molecule has 0 radical (unpaired) electrons. The maximum absolute atomic E-state index is 12.0. The van der Waals surface area contributed by atoms with Gasteiger partial charge in [0.1, 0.15) is 5.58 Å². The van der Waals surface area contributed by atoms with Crippen LogP contribution >= 0.6 is 11.3 Å². The molecule has 2 nitrogen and oxygen atoms in total. The van der Waals surface area contributed by atoms with Gasteiger partial charge in [-0.2, -0.15) is 0 Å². The van der Waals surface area contributed by atoms with Gasteiger partial charge in [-0.1, -0.05) is 18.2 Å². The molecule has 0 N–H and O–H groups in total. The lowest BCUT2D eigenvalue weighted by molar-refractivity contribution is 0.102. The number of aryl methyl sites for hydroxylation is 1. The number of thiophene rings is 1. The van der Waals surface area contributed by atoms with Crippen molar-refractivity contribution >= 4 is 34.2 Å². The van der Waals surface area contributed by atoms with Gasteiger partial charge < -0.3 is 4.42 Å².